The fourth-order valence-corrected chi connectivity index (χ4v) is 4.10. The van der Waals surface area contributed by atoms with E-state index < -0.39 is 5.25 Å². The molecule has 0 spiro atoms. The number of methoxy groups -OCH3 is 1. The van der Waals surface area contributed by atoms with Crippen LogP contribution in [-0.2, 0) is 4.79 Å². The van der Waals surface area contributed by atoms with Crippen LogP contribution in [-0.4, -0.2) is 45.8 Å². The minimum absolute atomic E-state index is 0.0655. The Balaban J connectivity index is 1.99. The summed E-state index contributed by atoms with van der Waals surface area (Å²) in [4.78, 5) is 15.1. The van der Waals surface area contributed by atoms with Gasteiger partial charge in [-0.15, -0.1) is 10.2 Å². The predicted octanol–water partition coefficient (Wildman–Crippen LogP) is 3.98. The first kappa shape index (κ1) is 19.9. The second-order valence-electron chi connectivity index (χ2n) is 6.07. The molecule has 0 aliphatic carbocycles. The molecule has 2 aromatic carbocycles. The van der Waals surface area contributed by atoms with Crippen molar-refractivity contribution in [1.29, 1.82) is 0 Å². The van der Waals surface area contributed by atoms with Gasteiger partial charge in [-0.2, -0.15) is 0 Å². The van der Waals surface area contributed by atoms with Crippen molar-refractivity contribution in [2.45, 2.75) is 24.3 Å². The average Bonchev–Trinajstić information content (AvgIpc) is 3.21. The van der Waals surface area contributed by atoms with Gasteiger partial charge in [-0.05, 0) is 31.5 Å². The van der Waals surface area contributed by atoms with Crippen molar-refractivity contribution < 1.29 is 9.53 Å². The summed E-state index contributed by atoms with van der Waals surface area (Å²) in [6.45, 7) is 5.31. The minimum Gasteiger partial charge on any atom is -0.495 e. The number of carbonyl (C=O) groups is 1. The highest BCUT2D eigenvalue weighted by molar-refractivity contribution is 8.00. The molecule has 0 unspecified atom stereocenters. The third-order valence-corrected chi connectivity index (χ3v) is 5.68. The van der Waals surface area contributed by atoms with E-state index in [-0.39, 0.29) is 5.91 Å². The zero-order chi connectivity index (χ0) is 19.9. The van der Waals surface area contributed by atoms with E-state index in [4.69, 9.17) is 4.74 Å². The van der Waals surface area contributed by atoms with E-state index in [1.165, 1.54) is 11.8 Å². The molecule has 0 fully saturated rings. The highest BCUT2D eigenvalue weighted by Crippen LogP contribution is 2.37. The molecule has 3 aromatic rings. The summed E-state index contributed by atoms with van der Waals surface area (Å²) in [5, 5.41) is 8.59. The Morgan fingerprint density at radius 3 is 2.46 bits per heavy atom. The summed E-state index contributed by atoms with van der Waals surface area (Å²) in [6, 6.07) is 17.5. The standard InChI is InChI=1S/C21H24N4O2S/c1-4-24(5-2)20(26)19(16-11-7-6-8-12-16)28-21-23-22-15-25(21)17-13-9-10-14-18(17)27-3/h6-15,19H,4-5H2,1-3H3/t19-/m0/s1. The lowest BCUT2D eigenvalue weighted by Crippen LogP contribution is -2.34. The van der Waals surface area contributed by atoms with Crippen LogP contribution in [0, 0.1) is 0 Å². The normalized spacial score (nSPS) is 11.8. The monoisotopic (exact) mass is 396 g/mol. The van der Waals surface area contributed by atoms with Gasteiger partial charge in [0.1, 0.15) is 17.3 Å². The highest BCUT2D eigenvalue weighted by atomic mass is 32.2. The number of aromatic nitrogens is 3. The zero-order valence-corrected chi connectivity index (χ0v) is 17.1. The average molecular weight is 397 g/mol. The van der Waals surface area contributed by atoms with Crippen LogP contribution in [0.3, 0.4) is 0 Å². The Bertz CT molecular complexity index is 910. The van der Waals surface area contributed by atoms with Crippen LogP contribution in [0.5, 0.6) is 5.75 Å². The van der Waals surface area contributed by atoms with Gasteiger partial charge in [0.25, 0.3) is 0 Å². The van der Waals surface area contributed by atoms with Crippen LogP contribution in [0.25, 0.3) is 5.69 Å². The molecule has 28 heavy (non-hydrogen) atoms. The third kappa shape index (κ3) is 4.20. The molecule has 6 nitrogen and oxygen atoms in total. The molecule has 7 heteroatoms. The number of likely N-dealkylation sites (N-methyl/N-ethyl adjacent to an activating group) is 1. The molecule has 0 radical (unpaired) electrons. The molecule has 146 valence electrons. The topological polar surface area (TPSA) is 60.2 Å². The van der Waals surface area contributed by atoms with Gasteiger partial charge < -0.3 is 9.64 Å². The van der Waals surface area contributed by atoms with E-state index in [2.05, 4.69) is 10.2 Å². The van der Waals surface area contributed by atoms with Gasteiger partial charge in [0.15, 0.2) is 5.16 Å². The summed E-state index contributed by atoms with van der Waals surface area (Å²) >= 11 is 1.40. The van der Waals surface area contributed by atoms with E-state index in [0.29, 0.717) is 18.2 Å². The molecule has 0 bridgehead atoms. The van der Waals surface area contributed by atoms with Crippen molar-refractivity contribution in [3.63, 3.8) is 0 Å². The summed E-state index contributed by atoms with van der Waals surface area (Å²) in [5.41, 5.74) is 1.78. The first-order chi connectivity index (χ1) is 13.7. The zero-order valence-electron chi connectivity index (χ0n) is 16.3. The van der Waals surface area contributed by atoms with Crippen molar-refractivity contribution in [3.8, 4) is 11.4 Å². The Kier molecular flexibility index (Phi) is 6.71. The van der Waals surface area contributed by atoms with Crippen LogP contribution in [0.4, 0.5) is 0 Å². The van der Waals surface area contributed by atoms with Gasteiger partial charge in [0.2, 0.25) is 5.91 Å². The van der Waals surface area contributed by atoms with Crippen LogP contribution >= 0.6 is 11.8 Å². The second-order valence-corrected chi connectivity index (χ2v) is 7.15. The lowest BCUT2D eigenvalue weighted by atomic mass is 10.1. The van der Waals surface area contributed by atoms with Crippen LogP contribution < -0.4 is 4.74 Å². The van der Waals surface area contributed by atoms with Gasteiger partial charge in [-0.25, -0.2) is 0 Å². The summed E-state index contributed by atoms with van der Waals surface area (Å²) < 4.78 is 7.33. The molecule has 0 N–H and O–H groups in total. The molecule has 0 saturated heterocycles. The van der Waals surface area contributed by atoms with Gasteiger partial charge >= 0.3 is 0 Å². The summed E-state index contributed by atoms with van der Waals surface area (Å²) in [6.07, 6.45) is 1.64. The smallest absolute Gasteiger partial charge is 0.240 e. The molecule has 1 amide bonds. The number of hydrogen-bond donors (Lipinski definition) is 0. The molecular weight excluding hydrogens is 372 g/mol. The number of benzene rings is 2. The highest BCUT2D eigenvalue weighted by Gasteiger charge is 2.28. The lowest BCUT2D eigenvalue weighted by molar-refractivity contribution is -0.130. The Morgan fingerprint density at radius 2 is 1.79 bits per heavy atom. The number of ether oxygens (including phenoxy) is 1. The molecule has 1 heterocycles. The number of carbonyl (C=O) groups excluding carboxylic acids is 1. The maximum atomic E-state index is 13.2. The first-order valence-electron chi connectivity index (χ1n) is 9.23. The van der Waals surface area contributed by atoms with Crippen molar-refractivity contribution in [2.75, 3.05) is 20.2 Å². The summed E-state index contributed by atoms with van der Waals surface area (Å²) in [7, 11) is 1.63. The quantitative estimate of drug-likeness (QED) is 0.539. The molecular formula is C21H24N4O2S. The number of amides is 1. The Labute approximate surface area is 169 Å². The van der Waals surface area contributed by atoms with E-state index in [1.54, 1.807) is 13.4 Å². The van der Waals surface area contributed by atoms with Crippen molar-refractivity contribution in [1.82, 2.24) is 19.7 Å². The first-order valence-corrected chi connectivity index (χ1v) is 10.1. The fraction of sp³-hybridized carbons (Fsp3) is 0.286. The number of nitrogens with zero attached hydrogens (tertiary/aromatic N) is 4. The predicted molar refractivity (Wildman–Crippen MR) is 111 cm³/mol. The van der Waals surface area contributed by atoms with Gasteiger partial charge in [-0.1, -0.05) is 54.2 Å². The SMILES string of the molecule is CCN(CC)C(=O)[C@@H](Sc1nncn1-c1ccccc1OC)c1ccccc1. The van der Waals surface area contributed by atoms with E-state index >= 15 is 0 Å². The van der Waals surface area contributed by atoms with Crippen LogP contribution in [0.15, 0.2) is 66.1 Å². The van der Waals surface area contributed by atoms with Crippen molar-refractivity contribution in [3.05, 3.63) is 66.5 Å². The molecule has 0 aliphatic rings. The minimum atomic E-state index is -0.404. The van der Waals surface area contributed by atoms with Crippen molar-refractivity contribution >= 4 is 17.7 Å². The Morgan fingerprint density at radius 1 is 1.11 bits per heavy atom. The van der Waals surface area contributed by atoms with Gasteiger partial charge in [-0.3, -0.25) is 9.36 Å². The number of para-hydroxylation sites is 2. The second kappa shape index (κ2) is 9.41. The van der Waals surface area contributed by atoms with E-state index in [9.17, 15) is 4.79 Å². The van der Waals surface area contributed by atoms with Gasteiger partial charge in [0.05, 0.1) is 12.8 Å². The van der Waals surface area contributed by atoms with Gasteiger partial charge in [0, 0.05) is 13.1 Å². The Hall–Kier alpha value is -2.80. The van der Waals surface area contributed by atoms with E-state index in [0.717, 1.165) is 17.0 Å². The number of thioether (sulfide) groups is 1. The van der Waals surface area contributed by atoms with Crippen molar-refractivity contribution in [2.24, 2.45) is 0 Å². The lowest BCUT2D eigenvalue weighted by Gasteiger charge is -2.25. The van der Waals surface area contributed by atoms with E-state index in [1.807, 2.05) is 77.9 Å². The molecule has 0 saturated carbocycles. The molecule has 1 aromatic heterocycles. The maximum Gasteiger partial charge on any atom is 0.240 e. The summed E-state index contributed by atoms with van der Waals surface area (Å²) in [5.74, 6) is 0.784. The molecule has 3 rings (SSSR count). The maximum absolute atomic E-state index is 13.2. The number of rotatable bonds is 8. The molecule has 1 atom stereocenters. The fourth-order valence-electron chi connectivity index (χ4n) is 2.99. The van der Waals surface area contributed by atoms with Crippen LogP contribution in [0.1, 0.15) is 24.7 Å². The largest absolute Gasteiger partial charge is 0.495 e. The van der Waals surface area contributed by atoms with Crippen LogP contribution in [0.2, 0.25) is 0 Å². The molecule has 0 aliphatic heterocycles. The third-order valence-electron chi connectivity index (χ3n) is 4.49. The number of hydrogen-bond acceptors (Lipinski definition) is 5.